The molecule has 6 rings (SSSR count). The number of hydrogen-bond donors (Lipinski definition) is 0. The molecule has 0 spiro atoms. The minimum absolute atomic E-state index is 0. The monoisotopic (exact) mass is 630 g/mol. The van der Waals surface area contributed by atoms with E-state index in [2.05, 4.69) is 118 Å². The van der Waals surface area contributed by atoms with E-state index in [1.165, 1.54) is 32.7 Å². The number of benzene rings is 4. The Hall–Kier alpha value is -0.705. The SMILES string of the molecule is CC1=Cc2c(ccc3ccccc23)[CH]1[Zr]([CH]1C(C)=Cc2c1ccc1ccccc21)=[Si](C)C.Cl.[CH3][AlH][O][AlH2]. The van der Waals surface area contributed by atoms with Gasteiger partial charge in [-0.3, -0.25) is 0 Å². The molecule has 2 aliphatic rings. The molecule has 0 amide bonds. The van der Waals surface area contributed by atoms with Gasteiger partial charge in [0.05, 0.1) is 0 Å². The molecule has 6 heteroatoms. The summed E-state index contributed by atoms with van der Waals surface area (Å²) in [5, 5.41) is 5.60. The molecule has 0 saturated carbocycles. The molecule has 4 aromatic carbocycles. The van der Waals surface area contributed by atoms with Crippen LogP contribution in [0.1, 0.15) is 43.4 Å². The first-order valence-corrected chi connectivity index (χ1v) is 24.9. The van der Waals surface area contributed by atoms with E-state index in [0.717, 1.165) is 16.6 Å². The van der Waals surface area contributed by atoms with Gasteiger partial charge in [0, 0.05) is 0 Å². The Labute approximate surface area is 250 Å². The molecule has 0 radical (unpaired) electrons. The van der Waals surface area contributed by atoms with E-state index in [0.29, 0.717) is 7.25 Å². The van der Waals surface area contributed by atoms with Crippen LogP contribution in [0.3, 0.4) is 0 Å². The van der Waals surface area contributed by atoms with Crippen LogP contribution in [-0.4, -0.2) is 37.6 Å². The van der Waals surface area contributed by atoms with Crippen molar-refractivity contribution in [3.05, 3.63) is 106 Å². The summed E-state index contributed by atoms with van der Waals surface area (Å²) in [5.74, 6) is 2.13. The molecule has 4 aromatic rings. The van der Waals surface area contributed by atoms with Crippen LogP contribution in [0.15, 0.2) is 83.9 Å². The standard InChI is InChI=1S/2C14H11.C2H6Si.CH3.2Al.ClH.O.Zr.3H/c2*1-10-8-12-7-6-11-4-2-3-5-13(11)14(12)9-10;1-3-2;;;;;;;;;/h2*2-9H,1H3;1-2H3;1H3;;;1H;;;;;. The second kappa shape index (κ2) is 12.6. The van der Waals surface area contributed by atoms with Gasteiger partial charge in [-0.05, 0) is 0 Å². The third-order valence-corrected chi connectivity index (χ3v) is 30.0. The van der Waals surface area contributed by atoms with Gasteiger partial charge >= 0.3 is 232 Å². The van der Waals surface area contributed by atoms with Gasteiger partial charge in [-0.15, -0.1) is 12.4 Å². The zero-order chi connectivity index (χ0) is 25.4. The molecule has 0 saturated heterocycles. The maximum atomic E-state index is 4.82. The smallest absolute Gasteiger partial charge is 0.401 e. The third-order valence-electron chi connectivity index (χ3n) is 7.77. The van der Waals surface area contributed by atoms with Crippen molar-refractivity contribution in [3.63, 3.8) is 0 Å². The first-order valence-electron chi connectivity index (χ1n) is 13.0. The van der Waals surface area contributed by atoms with Crippen LogP contribution in [0.25, 0.3) is 33.7 Å². The number of fused-ring (bicyclic) bond motifs is 6. The summed E-state index contributed by atoms with van der Waals surface area (Å²) in [6.45, 7) is 10.1. The van der Waals surface area contributed by atoms with E-state index >= 15 is 0 Å². The van der Waals surface area contributed by atoms with Crippen molar-refractivity contribution in [1.82, 2.24) is 0 Å². The van der Waals surface area contributed by atoms with Crippen LogP contribution in [0.5, 0.6) is 0 Å². The van der Waals surface area contributed by atoms with E-state index < -0.39 is 20.4 Å². The predicted molar refractivity (Wildman–Crippen MR) is 168 cm³/mol. The van der Waals surface area contributed by atoms with Crippen molar-refractivity contribution >= 4 is 83.7 Å². The van der Waals surface area contributed by atoms with Crippen LogP contribution in [0, 0.1) is 0 Å². The van der Waals surface area contributed by atoms with Gasteiger partial charge in [-0.2, -0.15) is 0 Å². The summed E-state index contributed by atoms with van der Waals surface area (Å²) in [5.41, 5.74) is 9.14. The van der Waals surface area contributed by atoms with Gasteiger partial charge in [0.1, 0.15) is 0 Å². The predicted octanol–water partition coefficient (Wildman–Crippen LogP) is 7.85. The molecule has 2 atom stereocenters. The minimum atomic E-state index is -1.96. The van der Waals surface area contributed by atoms with E-state index in [4.69, 9.17) is 2.84 Å². The summed E-state index contributed by atoms with van der Waals surface area (Å²) in [4.78, 5) is 0. The molecule has 2 unspecified atom stereocenters. The van der Waals surface area contributed by atoms with Gasteiger partial charge in [-0.25, -0.2) is 0 Å². The van der Waals surface area contributed by atoms with Crippen LogP contribution in [0.2, 0.25) is 18.9 Å². The van der Waals surface area contributed by atoms with Crippen LogP contribution in [-0.2, 0) is 23.2 Å². The zero-order valence-corrected chi connectivity index (χ0v) is 30.4. The third kappa shape index (κ3) is 5.51. The topological polar surface area (TPSA) is 9.23 Å². The molecule has 2 aliphatic carbocycles. The van der Waals surface area contributed by atoms with Gasteiger partial charge in [0.25, 0.3) is 0 Å². The molecule has 0 fully saturated rings. The summed E-state index contributed by atoms with van der Waals surface area (Å²) < 4.78 is 6.22. The summed E-state index contributed by atoms with van der Waals surface area (Å²) in [6, 6.07) is 27.5. The average Bonchev–Trinajstić information content (AvgIpc) is 3.41. The van der Waals surface area contributed by atoms with E-state index in [1.54, 1.807) is 22.3 Å². The molecule has 37 heavy (non-hydrogen) atoms. The fourth-order valence-corrected chi connectivity index (χ4v) is 26.9. The van der Waals surface area contributed by atoms with Crippen molar-refractivity contribution in [2.24, 2.45) is 0 Å². The summed E-state index contributed by atoms with van der Waals surface area (Å²) in [7, 11) is 0. The number of hydrogen-bond acceptors (Lipinski definition) is 1. The Morgan fingerprint density at radius 3 is 1.51 bits per heavy atom. The van der Waals surface area contributed by atoms with Crippen LogP contribution < -0.4 is 0 Å². The van der Waals surface area contributed by atoms with Crippen molar-refractivity contribution < 1.29 is 23.2 Å². The normalized spacial score (nSPS) is 17.1. The quantitative estimate of drug-likeness (QED) is 0.209. The Balaban J connectivity index is 0.000000599. The fourth-order valence-electron chi connectivity index (χ4n) is 6.13. The zero-order valence-electron chi connectivity index (χ0n) is 22.8. The van der Waals surface area contributed by atoms with Crippen LogP contribution >= 0.6 is 12.4 Å². The minimum Gasteiger partial charge on any atom is -0.645 e. The fraction of sp³-hybridized carbons (Fsp3) is 0.226. The maximum Gasteiger partial charge on any atom is 0.401 e. The van der Waals surface area contributed by atoms with Crippen molar-refractivity contribution in [3.8, 4) is 0 Å². The van der Waals surface area contributed by atoms with Crippen LogP contribution in [0.4, 0.5) is 0 Å². The molecule has 0 bridgehead atoms. The molecular formula is C31H35Al2ClOSiZr. The van der Waals surface area contributed by atoms with E-state index in [-0.39, 0.29) is 33.4 Å². The summed E-state index contributed by atoms with van der Waals surface area (Å²) >= 11 is -1.02. The Morgan fingerprint density at radius 1 is 0.730 bits per heavy atom. The van der Waals surface area contributed by atoms with Crippen molar-refractivity contribution in [2.75, 3.05) is 0 Å². The average molecular weight is 632 g/mol. The number of rotatable bonds is 3. The van der Waals surface area contributed by atoms with Crippen molar-refractivity contribution in [2.45, 2.75) is 40.0 Å². The van der Waals surface area contributed by atoms with Gasteiger partial charge < -0.3 is 2.84 Å². The Bertz CT molecular complexity index is 1460. The molecule has 0 N–H and O–H groups in total. The second-order valence-corrected chi connectivity index (χ2v) is 31.0. The first kappa shape index (κ1) is 29.3. The second-order valence-electron chi connectivity index (χ2n) is 10.3. The summed E-state index contributed by atoms with van der Waals surface area (Å²) in [6.07, 6.45) is 5.06. The Kier molecular flexibility index (Phi) is 10.0. The van der Waals surface area contributed by atoms with E-state index in [1.807, 2.05) is 0 Å². The first-order chi connectivity index (χ1) is 17.5. The number of allylic oxidation sites excluding steroid dienone is 2. The molecule has 0 heterocycles. The number of halogens is 1. The largest absolute Gasteiger partial charge is 0.645 e. The van der Waals surface area contributed by atoms with Gasteiger partial charge in [-0.1, -0.05) is 5.79 Å². The molecule has 0 aromatic heterocycles. The van der Waals surface area contributed by atoms with Gasteiger partial charge in [0.2, 0.25) is 0 Å². The van der Waals surface area contributed by atoms with E-state index in [9.17, 15) is 0 Å². The maximum absolute atomic E-state index is 4.82. The molecular weight excluding hydrogens is 597 g/mol. The molecule has 186 valence electrons. The molecule has 0 aliphatic heterocycles. The van der Waals surface area contributed by atoms with Crippen molar-refractivity contribution in [1.29, 1.82) is 0 Å². The van der Waals surface area contributed by atoms with Gasteiger partial charge in [0.15, 0.2) is 0 Å². The Morgan fingerprint density at radius 2 is 1.14 bits per heavy atom. The molecule has 1 nitrogen and oxygen atoms in total.